The number of carbonyl (C=O) groups excluding carboxylic acids is 1. The summed E-state index contributed by atoms with van der Waals surface area (Å²) >= 11 is 5.99. The van der Waals surface area contributed by atoms with Crippen LogP contribution in [-0.2, 0) is 21.4 Å². The number of ether oxygens (including phenoxy) is 1. The minimum atomic E-state index is -0.385. The van der Waals surface area contributed by atoms with Crippen molar-refractivity contribution >= 4 is 28.6 Å². The van der Waals surface area contributed by atoms with Gasteiger partial charge in [0.05, 0.1) is 12.2 Å². The second-order valence-electron chi connectivity index (χ2n) is 7.63. The van der Waals surface area contributed by atoms with E-state index in [0.29, 0.717) is 32.9 Å². The molecule has 0 radical (unpaired) electrons. The van der Waals surface area contributed by atoms with Crippen molar-refractivity contribution in [2.75, 3.05) is 7.11 Å². The van der Waals surface area contributed by atoms with Gasteiger partial charge in [0.2, 0.25) is 11.0 Å². The Morgan fingerprint density at radius 2 is 2.04 bits per heavy atom. The number of hydrogen-bond acceptors (Lipinski definition) is 5. The van der Waals surface area contributed by atoms with Crippen LogP contribution in [0.4, 0.5) is 0 Å². The number of nitrogens with zero attached hydrogens (tertiary/aromatic N) is 3. The van der Waals surface area contributed by atoms with Gasteiger partial charge in [0.1, 0.15) is 0 Å². The molecule has 0 spiro atoms. The third-order valence-electron chi connectivity index (χ3n) is 4.54. The lowest BCUT2D eigenvalue weighted by atomic mass is 9.84. The lowest BCUT2D eigenvalue weighted by Crippen LogP contribution is -2.37. The minimum Gasteiger partial charge on any atom is -0.692 e. The molecule has 1 aromatic heterocycles. The molecule has 8 heteroatoms. The second-order valence-corrected chi connectivity index (χ2v) is 8.07. The first kappa shape index (κ1) is 19.9. The van der Waals surface area contributed by atoms with E-state index in [-0.39, 0.29) is 29.2 Å². The fraction of sp³-hybridized carbons (Fsp3) is 0.350. The highest BCUT2D eigenvalue weighted by Crippen LogP contribution is 2.36. The molecular weight excluding hydrogens is 382 g/mol. The third-order valence-corrected chi connectivity index (χ3v) is 4.77. The molecule has 148 valence electrons. The molecule has 3 aromatic rings. The quantitative estimate of drug-likeness (QED) is 0.409. The van der Waals surface area contributed by atoms with Gasteiger partial charge < -0.3 is 15.1 Å². The number of carbonyl (C=O) groups is 1. The Balaban J connectivity index is 2.19. The summed E-state index contributed by atoms with van der Waals surface area (Å²) in [6.07, 6.45) is 0.604. The van der Waals surface area contributed by atoms with Gasteiger partial charge in [-0.15, -0.1) is 4.85 Å². The average molecular weight is 404 g/mol. The smallest absolute Gasteiger partial charge is 0.305 e. The van der Waals surface area contributed by atoms with Gasteiger partial charge in [0, 0.05) is 23.1 Å². The van der Waals surface area contributed by atoms with E-state index in [4.69, 9.17) is 16.3 Å². The predicted molar refractivity (Wildman–Crippen MR) is 106 cm³/mol. The number of phenols is 1. The summed E-state index contributed by atoms with van der Waals surface area (Å²) in [7, 11) is 1.34. The molecule has 1 N–H and O–H groups in total. The number of rotatable bonds is 4. The number of phenolic OH excluding ortho intramolecular Hbond substituents is 1. The Morgan fingerprint density at radius 1 is 1.32 bits per heavy atom. The first-order chi connectivity index (χ1) is 13.1. The number of methoxy groups -OCH3 is 1. The van der Waals surface area contributed by atoms with Gasteiger partial charge in [0.15, 0.2) is 11.4 Å². The molecule has 0 aliphatic heterocycles. The second kappa shape index (κ2) is 7.31. The van der Waals surface area contributed by atoms with Crippen LogP contribution in [0.25, 0.3) is 16.7 Å². The highest BCUT2D eigenvalue weighted by molar-refractivity contribution is 6.31. The molecule has 0 bridgehead atoms. The molecular formula is C20H22ClN3O4. The Bertz CT molecular complexity index is 1050. The minimum absolute atomic E-state index is 0.0298. The standard InChI is InChI=1S/C20H22ClN3O4/c1-20(2,3)14-9-12(5-8-18(25)28-4)10-17(19(14)26)23-22-15-7-6-13(21)11-16(15)24(23)27/h6-7,9-11,26H,5,8H2,1-4H3. The summed E-state index contributed by atoms with van der Waals surface area (Å²) in [4.78, 5) is 13.2. The summed E-state index contributed by atoms with van der Waals surface area (Å²) in [6, 6.07) is 8.32. The van der Waals surface area contributed by atoms with Gasteiger partial charge >= 0.3 is 5.97 Å². The molecule has 2 aromatic carbocycles. The van der Waals surface area contributed by atoms with Crippen molar-refractivity contribution in [1.29, 1.82) is 0 Å². The topological polar surface area (TPSA) is 91.3 Å². The highest BCUT2D eigenvalue weighted by Gasteiger charge is 2.26. The van der Waals surface area contributed by atoms with E-state index in [1.54, 1.807) is 18.2 Å². The molecule has 0 saturated carbocycles. The fourth-order valence-electron chi connectivity index (χ4n) is 3.03. The third kappa shape index (κ3) is 3.75. The Kier molecular flexibility index (Phi) is 5.21. The average Bonchev–Trinajstić information content (AvgIpc) is 2.95. The van der Waals surface area contributed by atoms with E-state index >= 15 is 0 Å². The van der Waals surface area contributed by atoms with Crippen LogP contribution in [0.5, 0.6) is 5.75 Å². The van der Waals surface area contributed by atoms with Crippen molar-refractivity contribution in [3.63, 3.8) is 0 Å². The van der Waals surface area contributed by atoms with Crippen molar-refractivity contribution in [3.05, 3.63) is 51.7 Å². The van der Waals surface area contributed by atoms with Crippen LogP contribution < -0.4 is 4.85 Å². The van der Waals surface area contributed by atoms with Gasteiger partial charge in [-0.1, -0.05) is 38.4 Å². The number of fused-ring (bicyclic) bond motifs is 1. The summed E-state index contributed by atoms with van der Waals surface area (Å²) < 4.78 is 4.71. The maximum atomic E-state index is 12.8. The molecule has 0 unspecified atom stereocenters. The number of aryl methyl sites for hydroxylation is 1. The monoisotopic (exact) mass is 403 g/mol. The summed E-state index contributed by atoms with van der Waals surface area (Å²) in [6.45, 7) is 5.88. The lowest BCUT2D eigenvalue weighted by Gasteiger charge is -2.22. The van der Waals surface area contributed by atoms with Crippen LogP contribution in [0, 0.1) is 5.21 Å². The van der Waals surface area contributed by atoms with Gasteiger partial charge in [-0.25, -0.2) is 0 Å². The van der Waals surface area contributed by atoms with E-state index in [2.05, 4.69) is 5.10 Å². The molecule has 0 aliphatic rings. The molecule has 0 aliphatic carbocycles. The van der Waals surface area contributed by atoms with Crippen molar-refractivity contribution in [2.45, 2.75) is 39.0 Å². The van der Waals surface area contributed by atoms with Crippen LogP contribution in [0.1, 0.15) is 38.3 Å². The fourth-order valence-corrected chi connectivity index (χ4v) is 3.19. The highest BCUT2D eigenvalue weighted by atomic mass is 35.5. The Hall–Kier alpha value is -2.80. The number of halogens is 1. The van der Waals surface area contributed by atoms with Gasteiger partial charge in [-0.05, 0) is 40.4 Å². The van der Waals surface area contributed by atoms with Crippen LogP contribution in [0.15, 0.2) is 30.3 Å². The van der Waals surface area contributed by atoms with Crippen LogP contribution in [0.2, 0.25) is 5.02 Å². The Morgan fingerprint density at radius 3 is 2.68 bits per heavy atom. The van der Waals surface area contributed by atoms with E-state index in [1.165, 1.54) is 13.2 Å². The molecule has 0 saturated heterocycles. The van der Waals surface area contributed by atoms with Gasteiger partial charge in [-0.3, -0.25) is 4.79 Å². The lowest BCUT2D eigenvalue weighted by molar-refractivity contribution is -0.664. The molecule has 1 heterocycles. The van der Waals surface area contributed by atoms with Crippen LogP contribution >= 0.6 is 11.6 Å². The van der Waals surface area contributed by atoms with Crippen molar-refractivity contribution in [1.82, 2.24) is 9.90 Å². The maximum absolute atomic E-state index is 12.8. The first-order valence-corrected chi connectivity index (χ1v) is 9.21. The SMILES string of the molecule is COC(=O)CCc1cc(-n2nc3ccc(Cl)cc3[n+]2[O-])c(O)c(C(C)(C)C)c1. The van der Waals surface area contributed by atoms with Crippen molar-refractivity contribution in [2.24, 2.45) is 0 Å². The normalized spacial score (nSPS) is 11.8. The summed E-state index contributed by atoms with van der Waals surface area (Å²) in [5.41, 5.74) is 2.06. The van der Waals surface area contributed by atoms with Gasteiger partial charge in [0.25, 0.3) is 0 Å². The van der Waals surface area contributed by atoms with Crippen molar-refractivity contribution < 1.29 is 19.5 Å². The zero-order chi connectivity index (χ0) is 20.6. The summed E-state index contributed by atoms with van der Waals surface area (Å²) in [5, 5.41) is 28.4. The molecule has 0 atom stereocenters. The van der Waals surface area contributed by atoms with Crippen LogP contribution in [-0.4, -0.2) is 28.1 Å². The number of benzene rings is 2. The molecule has 0 amide bonds. The van der Waals surface area contributed by atoms with Gasteiger partial charge in [-0.2, -0.15) is 0 Å². The zero-order valence-electron chi connectivity index (χ0n) is 16.2. The van der Waals surface area contributed by atoms with E-state index in [0.717, 1.165) is 10.4 Å². The number of aromatic nitrogens is 3. The van der Waals surface area contributed by atoms with E-state index in [1.807, 2.05) is 26.8 Å². The number of esters is 1. The van der Waals surface area contributed by atoms with E-state index < -0.39 is 0 Å². The Labute approximate surface area is 167 Å². The molecule has 3 rings (SSSR count). The summed E-state index contributed by atoms with van der Waals surface area (Å²) in [5.74, 6) is -0.358. The maximum Gasteiger partial charge on any atom is 0.305 e. The number of aromatic hydroxyl groups is 1. The van der Waals surface area contributed by atoms with E-state index in [9.17, 15) is 15.1 Å². The largest absolute Gasteiger partial charge is 0.692 e. The predicted octanol–water partition coefficient (Wildman–Crippen LogP) is 3.42. The van der Waals surface area contributed by atoms with Crippen molar-refractivity contribution in [3.8, 4) is 11.4 Å². The van der Waals surface area contributed by atoms with Crippen LogP contribution in [0.3, 0.4) is 0 Å². The molecule has 28 heavy (non-hydrogen) atoms. The molecule has 7 nitrogen and oxygen atoms in total. The molecule has 0 fully saturated rings. The number of hydrogen-bond donors (Lipinski definition) is 1. The zero-order valence-corrected chi connectivity index (χ0v) is 16.9. The first-order valence-electron chi connectivity index (χ1n) is 8.83.